The van der Waals surface area contributed by atoms with Gasteiger partial charge in [-0.05, 0) is 48.6 Å². The molecule has 2 aromatic carbocycles. The molecule has 316 valence electrons. The number of hydrogen-bond donors (Lipinski definition) is 7. The van der Waals surface area contributed by atoms with Crippen LogP contribution < -0.4 is 46.7 Å². The smallest absolute Gasteiger partial charge is 0.414 e. The lowest BCUT2D eigenvalue weighted by Gasteiger charge is -2.30. The van der Waals surface area contributed by atoms with Crippen LogP contribution in [0.15, 0.2) is 46.6 Å². The maximum absolute atomic E-state index is 14.8. The average molecular weight is 835 g/mol. The molecule has 6 rings (SSSR count). The van der Waals surface area contributed by atoms with Crippen LogP contribution >= 0.6 is 12.2 Å². The summed E-state index contributed by atoms with van der Waals surface area (Å²) in [6.07, 6.45) is 0.909. The second-order valence-electron chi connectivity index (χ2n) is 12.7. The monoisotopic (exact) mass is 834 g/mol. The Morgan fingerprint density at radius 1 is 0.845 bits per heavy atom. The summed E-state index contributed by atoms with van der Waals surface area (Å²) in [4.78, 5) is 52.0. The van der Waals surface area contributed by atoms with Gasteiger partial charge < -0.3 is 56.6 Å². The van der Waals surface area contributed by atoms with Gasteiger partial charge in [0.05, 0.1) is 75.2 Å². The molecular formula is C35H48F2N12O8S. The van der Waals surface area contributed by atoms with Gasteiger partial charge in [0.25, 0.3) is 0 Å². The highest BCUT2D eigenvalue weighted by Gasteiger charge is 2.34. The molecule has 23 heteroatoms. The van der Waals surface area contributed by atoms with E-state index in [1.165, 1.54) is 48.5 Å². The molecule has 2 fully saturated rings. The van der Waals surface area contributed by atoms with E-state index in [1.807, 2.05) is 0 Å². The van der Waals surface area contributed by atoms with Crippen LogP contribution in [-0.2, 0) is 19.1 Å². The Morgan fingerprint density at radius 2 is 1.36 bits per heavy atom. The lowest BCUT2D eigenvalue weighted by molar-refractivity contribution is -0.120. The number of rotatable bonds is 11. The maximum Gasteiger partial charge on any atom is 0.414 e. The van der Waals surface area contributed by atoms with E-state index in [4.69, 9.17) is 37.6 Å². The van der Waals surface area contributed by atoms with Crippen LogP contribution in [0.2, 0.25) is 0 Å². The molecule has 0 saturated carbocycles. The normalized spacial score (nSPS) is 18.3. The minimum absolute atomic E-state index is 0.0417. The molecule has 4 aliphatic heterocycles. The Bertz CT molecular complexity index is 1830. The Labute approximate surface area is 338 Å². The van der Waals surface area contributed by atoms with Crippen LogP contribution in [0.5, 0.6) is 0 Å². The Kier molecular flexibility index (Phi) is 17.1. The van der Waals surface area contributed by atoms with Crippen molar-refractivity contribution in [3.63, 3.8) is 0 Å². The van der Waals surface area contributed by atoms with Gasteiger partial charge in [0, 0.05) is 40.0 Å². The topological polar surface area (TPSA) is 242 Å². The first-order chi connectivity index (χ1) is 27.8. The molecule has 4 amide bonds. The van der Waals surface area contributed by atoms with Crippen LogP contribution in [-0.4, -0.2) is 148 Å². The SMILES string of the molecule is CC(=O)NC[C@H]1CN(c2ccc(N3C=NN(C(=S)NCCO)CC3)c(F)c2)C(=O)O1.CC(=O)NC[C@H]1CN(c2ccc(N3C=NNCC3)c(F)c2)C(=O)O1.NCCO. The molecule has 4 heterocycles. The fourth-order valence-electron chi connectivity index (χ4n) is 5.60. The molecular weight excluding hydrogens is 787 g/mol. The molecule has 0 spiro atoms. The van der Waals surface area contributed by atoms with Gasteiger partial charge in [0.2, 0.25) is 11.8 Å². The summed E-state index contributed by atoms with van der Waals surface area (Å²) >= 11 is 5.18. The van der Waals surface area contributed by atoms with E-state index in [0.717, 1.165) is 0 Å². The number of aliphatic hydroxyl groups is 2. The summed E-state index contributed by atoms with van der Waals surface area (Å²) in [5, 5.41) is 34.7. The van der Waals surface area contributed by atoms with Gasteiger partial charge in [-0.1, -0.05) is 0 Å². The predicted octanol–water partition coefficient (Wildman–Crippen LogP) is -0.204. The quantitative estimate of drug-likeness (QED) is 0.145. The zero-order valence-electron chi connectivity index (χ0n) is 32.0. The van der Waals surface area contributed by atoms with Crippen molar-refractivity contribution in [2.75, 3.05) is 98.3 Å². The van der Waals surface area contributed by atoms with E-state index >= 15 is 0 Å². The second-order valence-corrected chi connectivity index (χ2v) is 13.1. The maximum atomic E-state index is 14.8. The van der Waals surface area contributed by atoms with Gasteiger partial charge in [-0.3, -0.25) is 19.4 Å². The number of cyclic esters (lactones) is 2. The highest BCUT2D eigenvalue weighted by Crippen LogP contribution is 2.29. The van der Waals surface area contributed by atoms with Crippen molar-refractivity contribution in [1.82, 2.24) is 26.4 Å². The molecule has 0 aromatic heterocycles. The van der Waals surface area contributed by atoms with Crippen LogP contribution in [0.4, 0.5) is 41.1 Å². The Hall–Kier alpha value is -5.91. The molecule has 0 unspecified atom stereocenters. The number of aliphatic hydroxyl groups excluding tert-OH is 2. The van der Waals surface area contributed by atoms with Crippen LogP contribution in [0.1, 0.15) is 13.8 Å². The van der Waals surface area contributed by atoms with Crippen molar-refractivity contribution in [1.29, 1.82) is 0 Å². The first-order valence-corrected chi connectivity index (χ1v) is 18.6. The number of benzene rings is 2. The van der Waals surface area contributed by atoms with Crippen molar-refractivity contribution in [2.45, 2.75) is 26.1 Å². The summed E-state index contributed by atoms with van der Waals surface area (Å²) in [5.74, 6) is -1.37. The lowest BCUT2D eigenvalue weighted by Crippen LogP contribution is -2.45. The molecule has 8 N–H and O–H groups in total. The minimum atomic E-state index is -0.587. The summed E-state index contributed by atoms with van der Waals surface area (Å²) in [5.41, 5.74) is 9.07. The number of halogens is 2. The lowest BCUT2D eigenvalue weighted by atomic mass is 10.2. The highest BCUT2D eigenvalue weighted by molar-refractivity contribution is 7.80. The minimum Gasteiger partial charge on any atom is -0.442 e. The summed E-state index contributed by atoms with van der Waals surface area (Å²) < 4.78 is 39.6. The van der Waals surface area contributed by atoms with E-state index in [9.17, 15) is 28.0 Å². The van der Waals surface area contributed by atoms with Gasteiger partial charge in [0.15, 0.2) is 5.11 Å². The third-order valence-electron chi connectivity index (χ3n) is 8.40. The van der Waals surface area contributed by atoms with E-state index in [1.54, 1.807) is 39.1 Å². The third kappa shape index (κ3) is 12.8. The van der Waals surface area contributed by atoms with Crippen molar-refractivity contribution >= 4 is 76.8 Å². The van der Waals surface area contributed by atoms with Gasteiger partial charge >= 0.3 is 12.2 Å². The standard InChI is InChI=1S/C18H23FN6O4S.C15H18FN5O3.C2H7NO/c1-12(27)21-9-14-10-24(18(28)29-14)13-2-3-16(15(19)8-13)23-5-6-25(22-11-23)17(30)20-4-7-26;1-10(22)17-7-12-8-21(15(23)24-12)11-2-3-14(13(16)6-11)20-5-4-18-19-9-20;3-1-2-4/h2-3,8,11,14,26H,4-7,9-10H2,1H3,(H,20,30)(H,21,27);2-3,6,9,12,18H,4-5,7-8H2,1H3,(H,17,22);4H,1-3H2/t14-;12-;/m00./s1. The molecule has 20 nitrogen and oxygen atoms in total. The largest absolute Gasteiger partial charge is 0.442 e. The molecule has 0 aliphatic carbocycles. The number of carbonyl (C=O) groups excluding carboxylic acids is 4. The van der Waals surface area contributed by atoms with Crippen molar-refractivity contribution < 1.29 is 47.6 Å². The number of thiocarbonyl (C=S) groups is 1. The fraction of sp³-hybridized carbons (Fsp3) is 0.457. The number of amides is 4. The molecule has 2 atom stereocenters. The molecule has 0 radical (unpaired) electrons. The number of hydrazone groups is 2. The molecule has 4 aliphatic rings. The van der Waals surface area contributed by atoms with Crippen molar-refractivity contribution in [3.8, 4) is 0 Å². The summed E-state index contributed by atoms with van der Waals surface area (Å²) in [6, 6.07) is 9.04. The average Bonchev–Trinajstić information content (AvgIpc) is 3.80. The van der Waals surface area contributed by atoms with Gasteiger partial charge in [-0.15, -0.1) is 0 Å². The predicted molar refractivity (Wildman–Crippen MR) is 216 cm³/mol. The number of nitrogens with two attached hydrogens (primary N) is 1. The van der Waals surface area contributed by atoms with Crippen molar-refractivity contribution in [3.05, 3.63) is 48.0 Å². The van der Waals surface area contributed by atoms with Gasteiger partial charge in [-0.25, -0.2) is 23.4 Å². The number of hydrogen-bond acceptors (Lipinski definition) is 15. The third-order valence-corrected chi connectivity index (χ3v) is 8.75. The first kappa shape index (κ1) is 44.8. The zero-order valence-corrected chi connectivity index (χ0v) is 32.8. The van der Waals surface area contributed by atoms with Gasteiger partial charge in [-0.2, -0.15) is 10.2 Å². The number of nitrogens with one attached hydrogen (secondary N) is 4. The van der Waals surface area contributed by atoms with Crippen LogP contribution in [0.25, 0.3) is 0 Å². The molecule has 0 bridgehead atoms. The number of nitrogens with zero attached hydrogens (tertiary/aromatic N) is 7. The molecule has 2 aromatic rings. The van der Waals surface area contributed by atoms with E-state index in [0.29, 0.717) is 67.1 Å². The summed E-state index contributed by atoms with van der Waals surface area (Å²) in [7, 11) is 0. The number of anilines is 4. The second kappa shape index (κ2) is 22.1. The van der Waals surface area contributed by atoms with E-state index in [-0.39, 0.29) is 51.2 Å². The van der Waals surface area contributed by atoms with Crippen LogP contribution in [0.3, 0.4) is 0 Å². The zero-order chi connectivity index (χ0) is 42.2. The summed E-state index contributed by atoms with van der Waals surface area (Å²) in [6.45, 7) is 6.56. The van der Waals surface area contributed by atoms with E-state index < -0.39 is 36.0 Å². The Morgan fingerprint density at radius 3 is 1.76 bits per heavy atom. The molecule has 58 heavy (non-hydrogen) atoms. The molecule has 2 saturated heterocycles. The fourth-order valence-corrected chi connectivity index (χ4v) is 5.85. The Balaban J connectivity index is 0.000000240. The van der Waals surface area contributed by atoms with Crippen molar-refractivity contribution in [2.24, 2.45) is 15.9 Å². The number of ether oxygens (including phenoxy) is 2. The number of carbonyl (C=O) groups is 4. The first-order valence-electron chi connectivity index (χ1n) is 18.2. The van der Waals surface area contributed by atoms with Crippen LogP contribution in [0, 0.1) is 11.6 Å². The van der Waals surface area contributed by atoms with Gasteiger partial charge in [0.1, 0.15) is 36.5 Å². The highest BCUT2D eigenvalue weighted by atomic mass is 32.1. The van der Waals surface area contributed by atoms with E-state index in [2.05, 4.69) is 31.6 Å².